The molecule has 22 aromatic carbocycles. The van der Waals surface area contributed by atoms with Crippen LogP contribution in [0.5, 0.6) is 0 Å². The third kappa shape index (κ3) is 11.6. The molecule has 0 bridgehead atoms. The van der Waals surface area contributed by atoms with Gasteiger partial charge in [-0.2, -0.15) is 0 Å². The predicted molar refractivity (Wildman–Crippen MR) is 582 cm³/mol. The van der Waals surface area contributed by atoms with Gasteiger partial charge in [-0.25, -0.2) is 0 Å². The third-order valence-corrected chi connectivity index (χ3v) is 30.6. The number of aromatic nitrogens is 3. The Morgan fingerprint density at radius 3 is 0.793 bits per heavy atom. The number of anilines is 9. The Kier molecular flexibility index (Phi) is 17.6. The summed E-state index contributed by atoms with van der Waals surface area (Å²) >= 11 is 0. The Hall–Kier alpha value is -18.4. The highest BCUT2D eigenvalue weighted by atomic mass is 15.2. The summed E-state index contributed by atoms with van der Waals surface area (Å²) in [6, 6.07) is 195. The molecular formula is C134H86N6. The van der Waals surface area contributed by atoms with Gasteiger partial charge in [0.2, 0.25) is 0 Å². The molecule has 29 rings (SSSR count). The van der Waals surface area contributed by atoms with Gasteiger partial charge in [0, 0.05) is 101 Å². The van der Waals surface area contributed by atoms with Crippen molar-refractivity contribution in [3.63, 3.8) is 0 Å². The van der Waals surface area contributed by atoms with E-state index < -0.39 is 10.8 Å². The minimum atomic E-state index is -0.715. The van der Waals surface area contributed by atoms with E-state index in [0.717, 1.165) is 118 Å². The Morgan fingerprint density at radius 2 is 0.386 bits per heavy atom. The van der Waals surface area contributed by atoms with Crippen molar-refractivity contribution in [2.45, 2.75) is 10.8 Å². The Bertz CT molecular complexity index is 9160. The predicted octanol–water partition coefficient (Wildman–Crippen LogP) is 35.1. The van der Waals surface area contributed by atoms with Crippen LogP contribution < -0.4 is 14.7 Å². The molecule has 3 heterocycles. The van der Waals surface area contributed by atoms with Gasteiger partial charge in [-0.15, -0.1) is 0 Å². The van der Waals surface area contributed by atoms with Crippen LogP contribution in [0.15, 0.2) is 522 Å². The lowest BCUT2D eigenvalue weighted by Gasteiger charge is -2.33. The molecule has 4 aliphatic rings. The molecule has 140 heavy (non-hydrogen) atoms. The van der Waals surface area contributed by atoms with E-state index in [-0.39, 0.29) is 0 Å². The van der Waals surface area contributed by atoms with E-state index in [1.54, 1.807) is 0 Å². The molecule has 0 saturated heterocycles. The quantitative estimate of drug-likeness (QED) is 0.102. The van der Waals surface area contributed by atoms with E-state index in [9.17, 15) is 0 Å². The number of rotatable bonds is 15. The summed E-state index contributed by atoms with van der Waals surface area (Å²) in [5.41, 5.74) is 45.8. The van der Waals surface area contributed by atoms with E-state index in [1.807, 2.05) is 0 Å². The maximum Gasteiger partial charge on any atom is 0.0727 e. The second-order valence-corrected chi connectivity index (χ2v) is 37.6. The molecule has 0 saturated carbocycles. The zero-order valence-corrected chi connectivity index (χ0v) is 76.3. The van der Waals surface area contributed by atoms with Crippen molar-refractivity contribution < 1.29 is 0 Å². The largest absolute Gasteiger partial charge is 0.310 e. The van der Waals surface area contributed by atoms with Crippen molar-refractivity contribution in [2.75, 3.05) is 14.7 Å². The maximum atomic E-state index is 2.53. The molecule has 6 heteroatoms. The molecule has 0 unspecified atom stereocenters. The van der Waals surface area contributed by atoms with Crippen molar-refractivity contribution in [3.8, 4) is 95.0 Å². The normalized spacial score (nSPS) is 13.0. The first-order valence-corrected chi connectivity index (χ1v) is 48.5. The van der Waals surface area contributed by atoms with Crippen LogP contribution in [0.3, 0.4) is 0 Å². The van der Waals surface area contributed by atoms with Crippen molar-refractivity contribution in [2.24, 2.45) is 0 Å². The Labute approximate surface area is 811 Å². The number of hydrogen-bond donors (Lipinski definition) is 0. The van der Waals surface area contributed by atoms with Gasteiger partial charge in [0.05, 0.1) is 43.9 Å². The van der Waals surface area contributed by atoms with Crippen LogP contribution in [0.2, 0.25) is 0 Å². The number of fused-ring (bicyclic) bond motifs is 29. The van der Waals surface area contributed by atoms with Gasteiger partial charge in [0.1, 0.15) is 0 Å². The number of hydrogen-bond acceptors (Lipinski definition) is 3. The van der Waals surface area contributed by atoms with Crippen LogP contribution in [-0.4, -0.2) is 13.7 Å². The van der Waals surface area contributed by atoms with E-state index >= 15 is 0 Å². The highest BCUT2D eigenvalue weighted by Crippen LogP contribution is 2.67. The first kappa shape index (κ1) is 79.1. The second kappa shape index (κ2) is 31.1. The minimum Gasteiger partial charge on any atom is -0.310 e. The average Bonchev–Trinajstić information content (AvgIpc) is 1.50. The lowest BCUT2D eigenvalue weighted by molar-refractivity contribution is 0.793. The topological polar surface area (TPSA) is 24.5 Å². The molecule has 0 radical (unpaired) electrons. The fourth-order valence-electron chi connectivity index (χ4n) is 24.8. The molecule has 0 aliphatic heterocycles. The van der Waals surface area contributed by atoms with E-state index in [0.29, 0.717) is 0 Å². The molecule has 4 aliphatic carbocycles. The fourth-order valence-corrected chi connectivity index (χ4v) is 24.8. The van der Waals surface area contributed by atoms with Crippen LogP contribution >= 0.6 is 0 Å². The van der Waals surface area contributed by atoms with Gasteiger partial charge in [0.25, 0.3) is 0 Å². The molecular weight excluding hydrogens is 1690 g/mol. The van der Waals surface area contributed by atoms with Gasteiger partial charge in [-0.1, -0.05) is 328 Å². The van der Waals surface area contributed by atoms with Crippen LogP contribution in [0.4, 0.5) is 51.2 Å². The first-order valence-electron chi connectivity index (χ1n) is 48.5. The standard InChI is InChI=1S/C134H86N6/c1-5-31-88(32-6-1)116-81-89(59-75-103(116)90-60-79-131-117(82-90)118-83-99(74-80-132(118)138(131)93-37-11-4-12-38-93)137(92-35-9-3-10-36-92)102-73-76-109-108-43-17-24-50-121(108)133(124(109)86-102)119-48-22-13-39-104(119)105-40-14-23-49-120(105)133)87-57-61-94(62-58-87)136(96-65-69-98(70-66-96)140-129-55-29-20-46-114(129)115-47-21-30-56-130(115)140)101-72-78-111-110-77-71-100(84-125(110)134(126(111)85-101)122-51-25-15-41-106(122)107-42-16-26-52-123(107)134)135(91-33-7-2-8-34-91)95-63-67-97(68-64-95)139-127-53-27-18-44-112(127)113-45-19-28-54-128(113)139/h1-86H. The second-order valence-electron chi connectivity index (χ2n) is 37.6. The molecule has 2 spiro atoms. The lowest BCUT2D eigenvalue weighted by atomic mass is 9.70. The van der Waals surface area contributed by atoms with E-state index in [1.165, 1.54) is 138 Å². The smallest absolute Gasteiger partial charge is 0.0727 e. The fraction of sp³-hybridized carbons (Fsp3) is 0.0149. The summed E-state index contributed by atoms with van der Waals surface area (Å²) in [6.45, 7) is 0. The molecule has 652 valence electrons. The third-order valence-electron chi connectivity index (χ3n) is 30.6. The summed E-state index contributed by atoms with van der Waals surface area (Å²) in [6.07, 6.45) is 0. The van der Waals surface area contributed by atoms with Gasteiger partial charge in [0.15, 0.2) is 0 Å². The summed E-state index contributed by atoms with van der Waals surface area (Å²) in [5.74, 6) is 0. The molecule has 0 fully saturated rings. The van der Waals surface area contributed by atoms with Crippen LogP contribution in [0, 0.1) is 0 Å². The van der Waals surface area contributed by atoms with Crippen LogP contribution in [-0.2, 0) is 10.8 Å². The zero-order chi connectivity index (χ0) is 91.8. The summed E-state index contributed by atoms with van der Waals surface area (Å²) < 4.78 is 7.26. The SMILES string of the molecule is c1ccc(-c2cc(-c3ccc(N(c4ccc(-n5c6ccccc6c6ccccc65)cc4)c4ccc5c(c4)C4(c6ccccc6-c6ccccc64)c4cc(N(c6ccccc6)c6ccc(-n7c8ccccc8c8ccccc87)cc6)ccc4-5)cc3)ccc2-c2ccc3c(c2)c2cc(N(c4ccccc4)c4ccc5c(c4)C4(c6ccccc6-c6ccccc64)c4ccccc4-5)ccc2n3-c2ccccc2)cc1. The molecule has 25 aromatic rings. The van der Waals surface area contributed by atoms with Gasteiger partial charge < -0.3 is 28.4 Å². The van der Waals surface area contributed by atoms with Crippen molar-refractivity contribution in [3.05, 3.63) is 566 Å². The highest BCUT2D eigenvalue weighted by Gasteiger charge is 2.54. The van der Waals surface area contributed by atoms with Crippen molar-refractivity contribution in [1.82, 2.24) is 13.7 Å². The van der Waals surface area contributed by atoms with Crippen LogP contribution in [0.25, 0.3) is 160 Å². The molecule has 0 amide bonds. The monoisotopic (exact) mass is 1780 g/mol. The maximum absolute atomic E-state index is 2.53. The minimum absolute atomic E-state index is 0.505. The zero-order valence-electron chi connectivity index (χ0n) is 76.3. The number of para-hydroxylation sites is 7. The molecule has 0 N–H and O–H groups in total. The van der Waals surface area contributed by atoms with Crippen LogP contribution in [0.1, 0.15) is 44.5 Å². The Morgan fingerprint density at radius 1 is 0.129 bits per heavy atom. The molecule has 0 atom stereocenters. The average molecular weight is 1780 g/mol. The van der Waals surface area contributed by atoms with E-state index in [4.69, 9.17) is 0 Å². The molecule has 3 aromatic heterocycles. The van der Waals surface area contributed by atoms with Crippen molar-refractivity contribution >= 4 is 117 Å². The molecule has 6 nitrogen and oxygen atoms in total. The van der Waals surface area contributed by atoms with Gasteiger partial charge in [-0.05, 0) is 317 Å². The lowest BCUT2D eigenvalue weighted by Crippen LogP contribution is -2.26. The Balaban J connectivity index is 0.565. The summed E-state index contributed by atoms with van der Waals surface area (Å²) in [7, 11) is 0. The number of nitrogens with zero attached hydrogens (tertiary/aromatic N) is 6. The summed E-state index contributed by atoms with van der Waals surface area (Å²) in [4.78, 5) is 7.39. The first-order chi connectivity index (χ1) is 69.5. The van der Waals surface area contributed by atoms with Gasteiger partial charge in [-0.3, -0.25) is 0 Å². The summed E-state index contributed by atoms with van der Waals surface area (Å²) in [5, 5.41) is 7.27. The number of benzene rings is 22. The van der Waals surface area contributed by atoms with E-state index in [2.05, 4.69) is 550 Å². The van der Waals surface area contributed by atoms with Gasteiger partial charge >= 0.3 is 0 Å². The van der Waals surface area contributed by atoms with Crippen molar-refractivity contribution in [1.29, 1.82) is 0 Å². The highest BCUT2D eigenvalue weighted by molar-refractivity contribution is 6.14.